The van der Waals surface area contributed by atoms with Crippen LogP contribution in [-0.2, 0) is 24.2 Å². The van der Waals surface area contributed by atoms with Crippen molar-refractivity contribution < 1.29 is 18.0 Å². The van der Waals surface area contributed by atoms with Gasteiger partial charge in [-0.05, 0) is 61.1 Å². The summed E-state index contributed by atoms with van der Waals surface area (Å²) in [6, 6.07) is 6.34. The zero-order chi connectivity index (χ0) is 25.4. The highest BCUT2D eigenvalue weighted by Crippen LogP contribution is 2.33. The van der Waals surface area contributed by atoms with Gasteiger partial charge in [-0.15, -0.1) is 0 Å². The highest BCUT2D eigenvalue weighted by atomic mass is 19.1. The Hall–Kier alpha value is -3.69. The number of hydrogen-bond acceptors (Lipinski definition) is 6. The molecule has 2 aliphatic heterocycles. The molecule has 1 aromatic carbocycles. The normalized spacial score (nSPS) is 16.2. The number of rotatable bonds is 4. The number of anilines is 2. The standard InChI is InChI=1S/C26H27F3N6O/c1-15(36)35-11-8-21-23(14-35)31-24(22-5-4-20(29)25(30)32-22)26(33-21)34-9-6-16(7-10-34)12-17-13-18(27)2-3-19(17)28/h2-5,13,16H,6-12,14H2,1H3,(H2,30,32). The van der Waals surface area contributed by atoms with E-state index in [1.807, 2.05) is 0 Å². The fourth-order valence-corrected chi connectivity index (χ4v) is 4.93. The average molecular weight is 497 g/mol. The van der Waals surface area contributed by atoms with E-state index < -0.39 is 11.6 Å². The molecule has 7 nitrogen and oxygen atoms in total. The molecule has 0 spiro atoms. The highest BCUT2D eigenvalue weighted by Gasteiger charge is 2.28. The Labute approximate surface area is 207 Å². The average Bonchev–Trinajstić information content (AvgIpc) is 2.87. The lowest BCUT2D eigenvalue weighted by atomic mass is 9.90. The Morgan fingerprint density at radius 2 is 1.75 bits per heavy atom. The molecule has 2 aliphatic rings. The number of piperidine rings is 1. The first-order valence-corrected chi connectivity index (χ1v) is 12.0. The van der Waals surface area contributed by atoms with Crippen LogP contribution >= 0.6 is 0 Å². The number of carbonyl (C=O) groups is 1. The summed E-state index contributed by atoms with van der Waals surface area (Å²) in [6.45, 7) is 3.74. The van der Waals surface area contributed by atoms with E-state index in [1.165, 1.54) is 31.2 Å². The third-order valence-electron chi connectivity index (χ3n) is 6.98. The number of carbonyl (C=O) groups excluding carboxylic acids is 1. The van der Waals surface area contributed by atoms with E-state index >= 15 is 0 Å². The second-order valence-electron chi connectivity index (χ2n) is 9.41. The van der Waals surface area contributed by atoms with Crippen molar-refractivity contribution >= 4 is 17.5 Å². The maximum Gasteiger partial charge on any atom is 0.219 e. The SMILES string of the molecule is CC(=O)N1CCc2nc(N3CCC(Cc4cc(F)ccc4F)CC3)c(-c3ccc(F)c(N)n3)nc2C1. The van der Waals surface area contributed by atoms with Crippen LogP contribution in [0.2, 0.25) is 0 Å². The Bertz CT molecular complexity index is 1310. The van der Waals surface area contributed by atoms with E-state index in [9.17, 15) is 18.0 Å². The number of nitrogens with zero attached hydrogens (tertiary/aromatic N) is 5. The van der Waals surface area contributed by atoms with Gasteiger partial charge in [0, 0.05) is 33.0 Å². The van der Waals surface area contributed by atoms with Crippen LogP contribution in [0.3, 0.4) is 0 Å². The second kappa shape index (κ2) is 9.75. The molecule has 10 heteroatoms. The highest BCUT2D eigenvalue weighted by molar-refractivity contribution is 5.74. The Morgan fingerprint density at radius 3 is 2.47 bits per heavy atom. The summed E-state index contributed by atoms with van der Waals surface area (Å²) in [5.74, 6) is -0.852. The minimum absolute atomic E-state index is 0.0333. The van der Waals surface area contributed by atoms with E-state index in [0.29, 0.717) is 67.5 Å². The van der Waals surface area contributed by atoms with Crippen molar-refractivity contribution in [3.05, 3.63) is 64.7 Å². The van der Waals surface area contributed by atoms with Gasteiger partial charge in [0.15, 0.2) is 17.5 Å². The molecule has 5 rings (SSSR count). The van der Waals surface area contributed by atoms with Crippen molar-refractivity contribution in [1.29, 1.82) is 0 Å². The lowest BCUT2D eigenvalue weighted by Gasteiger charge is -2.35. The number of halogens is 3. The Morgan fingerprint density at radius 1 is 1.00 bits per heavy atom. The minimum atomic E-state index is -0.612. The summed E-state index contributed by atoms with van der Waals surface area (Å²) in [6.07, 6.45) is 2.59. The first kappa shape index (κ1) is 24.0. The molecule has 0 aliphatic carbocycles. The Kier molecular flexibility index (Phi) is 6.51. The zero-order valence-electron chi connectivity index (χ0n) is 20.0. The van der Waals surface area contributed by atoms with Crippen LogP contribution in [0, 0.1) is 23.4 Å². The van der Waals surface area contributed by atoms with E-state index in [1.54, 1.807) is 4.90 Å². The number of nitrogen functional groups attached to an aromatic ring is 1. The van der Waals surface area contributed by atoms with Crippen LogP contribution in [0.15, 0.2) is 30.3 Å². The maximum atomic E-state index is 14.1. The predicted molar refractivity (Wildman–Crippen MR) is 129 cm³/mol. The molecule has 0 atom stereocenters. The molecule has 0 radical (unpaired) electrons. The van der Waals surface area contributed by atoms with Crippen LogP contribution in [0.4, 0.5) is 24.8 Å². The van der Waals surface area contributed by atoms with Crippen molar-refractivity contribution in [2.24, 2.45) is 5.92 Å². The summed E-state index contributed by atoms with van der Waals surface area (Å²) in [4.78, 5) is 29.7. The summed E-state index contributed by atoms with van der Waals surface area (Å²) in [7, 11) is 0. The lowest BCUT2D eigenvalue weighted by molar-refractivity contribution is -0.129. The summed E-state index contributed by atoms with van der Waals surface area (Å²) in [5, 5.41) is 0. The van der Waals surface area contributed by atoms with Gasteiger partial charge < -0.3 is 15.5 Å². The van der Waals surface area contributed by atoms with Crippen LogP contribution < -0.4 is 10.6 Å². The minimum Gasteiger partial charge on any atom is -0.381 e. The zero-order valence-corrected chi connectivity index (χ0v) is 20.0. The van der Waals surface area contributed by atoms with Crippen LogP contribution in [0.25, 0.3) is 11.4 Å². The van der Waals surface area contributed by atoms with Gasteiger partial charge in [0.1, 0.15) is 17.3 Å². The molecule has 2 aromatic heterocycles. The number of aromatic nitrogens is 3. The van der Waals surface area contributed by atoms with Crippen LogP contribution in [0.5, 0.6) is 0 Å². The van der Waals surface area contributed by atoms with E-state index in [-0.39, 0.29) is 23.5 Å². The van der Waals surface area contributed by atoms with Gasteiger partial charge in [-0.25, -0.2) is 28.1 Å². The molecule has 1 saturated heterocycles. The lowest BCUT2D eigenvalue weighted by Crippen LogP contribution is -2.38. The molecule has 0 unspecified atom stereocenters. The third-order valence-corrected chi connectivity index (χ3v) is 6.98. The molecule has 1 fully saturated rings. The van der Waals surface area contributed by atoms with E-state index in [2.05, 4.69) is 9.88 Å². The maximum absolute atomic E-state index is 14.1. The first-order valence-electron chi connectivity index (χ1n) is 12.0. The van der Waals surface area contributed by atoms with Crippen molar-refractivity contribution in [2.45, 2.75) is 39.2 Å². The molecular weight excluding hydrogens is 469 g/mol. The predicted octanol–water partition coefficient (Wildman–Crippen LogP) is 3.90. The molecule has 2 N–H and O–H groups in total. The van der Waals surface area contributed by atoms with Gasteiger partial charge in [0.25, 0.3) is 0 Å². The van der Waals surface area contributed by atoms with Crippen molar-refractivity contribution in [3.8, 4) is 11.4 Å². The third kappa shape index (κ3) is 4.84. The summed E-state index contributed by atoms with van der Waals surface area (Å²) < 4.78 is 41.6. The Balaban J connectivity index is 1.42. The van der Waals surface area contributed by atoms with Gasteiger partial charge in [-0.1, -0.05) is 0 Å². The van der Waals surface area contributed by atoms with Gasteiger partial charge in [-0.2, -0.15) is 0 Å². The number of hydrogen-bond donors (Lipinski definition) is 1. The smallest absolute Gasteiger partial charge is 0.219 e. The molecule has 1 amide bonds. The van der Waals surface area contributed by atoms with E-state index in [4.69, 9.17) is 15.7 Å². The number of benzene rings is 1. The number of fused-ring (bicyclic) bond motifs is 1. The fraction of sp³-hybridized carbons (Fsp3) is 0.385. The molecule has 0 bridgehead atoms. The molecular formula is C26H27F3N6O. The van der Waals surface area contributed by atoms with Gasteiger partial charge in [0.2, 0.25) is 5.91 Å². The summed E-state index contributed by atoms with van der Waals surface area (Å²) >= 11 is 0. The molecule has 4 heterocycles. The largest absolute Gasteiger partial charge is 0.381 e. The summed E-state index contributed by atoms with van der Waals surface area (Å²) in [5.41, 5.74) is 8.54. The van der Waals surface area contributed by atoms with Gasteiger partial charge >= 0.3 is 0 Å². The molecule has 0 saturated carbocycles. The number of nitrogens with two attached hydrogens (primary N) is 1. The molecule has 188 valence electrons. The fourth-order valence-electron chi connectivity index (χ4n) is 4.93. The second-order valence-corrected chi connectivity index (χ2v) is 9.41. The molecule has 36 heavy (non-hydrogen) atoms. The van der Waals surface area contributed by atoms with Crippen LogP contribution in [0.1, 0.15) is 36.7 Å². The van der Waals surface area contributed by atoms with Gasteiger partial charge in [0.05, 0.1) is 23.6 Å². The first-order chi connectivity index (χ1) is 17.3. The van der Waals surface area contributed by atoms with Crippen molar-refractivity contribution in [2.75, 3.05) is 30.3 Å². The monoisotopic (exact) mass is 496 g/mol. The van der Waals surface area contributed by atoms with Crippen molar-refractivity contribution in [1.82, 2.24) is 19.9 Å². The number of amides is 1. The number of pyridine rings is 1. The van der Waals surface area contributed by atoms with Crippen molar-refractivity contribution in [3.63, 3.8) is 0 Å². The quantitative estimate of drug-likeness (QED) is 0.590. The van der Waals surface area contributed by atoms with Gasteiger partial charge in [-0.3, -0.25) is 4.79 Å². The topological polar surface area (TPSA) is 88.2 Å². The molecule has 3 aromatic rings. The van der Waals surface area contributed by atoms with Crippen LogP contribution in [-0.4, -0.2) is 45.4 Å². The van der Waals surface area contributed by atoms with E-state index in [0.717, 1.165) is 24.6 Å².